The van der Waals surface area contributed by atoms with Gasteiger partial charge in [-0.1, -0.05) is 47.2 Å². The van der Waals surface area contributed by atoms with Gasteiger partial charge in [-0.25, -0.2) is 10.1 Å². The second-order valence-corrected chi connectivity index (χ2v) is 8.93. The normalized spacial score (nSPS) is 14.2. The van der Waals surface area contributed by atoms with Gasteiger partial charge in [-0.05, 0) is 54.2 Å². The van der Waals surface area contributed by atoms with Crippen molar-refractivity contribution in [1.82, 2.24) is 30.7 Å². The van der Waals surface area contributed by atoms with Gasteiger partial charge >= 0.3 is 0 Å². The van der Waals surface area contributed by atoms with Crippen molar-refractivity contribution < 1.29 is 9.42 Å². The molecule has 0 saturated carbocycles. The number of rotatable bonds is 6. The molecule has 4 aromatic rings. The number of hydrogen-bond acceptors (Lipinski definition) is 9. The number of nitrogens with one attached hydrogen (secondary N) is 1. The molecule has 0 fully saturated rings. The molecule has 1 aliphatic carbocycles. The molecule has 0 bridgehead atoms. The lowest BCUT2D eigenvalue weighted by Gasteiger charge is -2.17. The summed E-state index contributed by atoms with van der Waals surface area (Å²) in [5, 5.41) is 20.0. The molecular formula is C23H22N8O2S. The van der Waals surface area contributed by atoms with E-state index in [0.717, 1.165) is 35.4 Å². The van der Waals surface area contributed by atoms with Crippen molar-refractivity contribution in [3.8, 4) is 5.82 Å². The van der Waals surface area contributed by atoms with Crippen LogP contribution in [0.5, 0.6) is 0 Å². The van der Waals surface area contributed by atoms with E-state index in [2.05, 4.69) is 37.2 Å². The number of aromatic nitrogens is 5. The summed E-state index contributed by atoms with van der Waals surface area (Å²) >= 11 is 1.54. The van der Waals surface area contributed by atoms with E-state index in [1.807, 2.05) is 49.4 Å². The van der Waals surface area contributed by atoms with Crippen molar-refractivity contribution in [3.05, 3.63) is 76.6 Å². The summed E-state index contributed by atoms with van der Waals surface area (Å²) in [5.74, 6) is 0.164. The van der Waals surface area contributed by atoms with E-state index in [9.17, 15) is 4.79 Å². The van der Waals surface area contributed by atoms with E-state index in [4.69, 9.17) is 10.4 Å². The predicted molar refractivity (Wildman–Crippen MR) is 128 cm³/mol. The second kappa shape index (κ2) is 9.48. The predicted octanol–water partition coefficient (Wildman–Crippen LogP) is 3.30. The first kappa shape index (κ1) is 21.8. The van der Waals surface area contributed by atoms with Crippen molar-refractivity contribution >= 4 is 29.2 Å². The molecule has 1 amide bonds. The molecule has 0 saturated heterocycles. The number of amides is 1. The number of hydrogen-bond donors (Lipinski definition) is 2. The van der Waals surface area contributed by atoms with Crippen LogP contribution in [0.3, 0.4) is 0 Å². The molecule has 5 rings (SSSR count). The molecule has 2 aromatic heterocycles. The van der Waals surface area contributed by atoms with Crippen LogP contribution in [0, 0.1) is 6.92 Å². The number of nitrogen functional groups attached to an aromatic ring is 1. The molecule has 0 aliphatic heterocycles. The summed E-state index contributed by atoms with van der Waals surface area (Å²) in [4.78, 5) is 14.1. The Morgan fingerprint density at radius 1 is 1.18 bits per heavy atom. The Bertz CT molecular complexity index is 1360. The number of aryl methyl sites for hydroxylation is 2. The lowest BCUT2D eigenvalue weighted by Crippen LogP contribution is -2.23. The van der Waals surface area contributed by atoms with Gasteiger partial charge in [0, 0.05) is 16.2 Å². The van der Waals surface area contributed by atoms with Crippen LogP contribution in [0.4, 0.5) is 5.82 Å². The number of nitrogens with zero attached hydrogens (tertiary/aromatic N) is 6. The lowest BCUT2D eigenvalue weighted by atomic mass is 9.90. The quantitative estimate of drug-likeness (QED) is 0.321. The Balaban J connectivity index is 1.42. The third-order valence-corrected chi connectivity index (χ3v) is 6.57. The van der Waals surface area contributed by atoms with Gasteiger partial charge in [-0.2, -0.15) is 9.78 Å². The number of carbonyl (C=O) groups is 1. The van der Waals surface area contributed by atoms with E-state index in [0.29, 0.717) is 11.4 Å². The van der Waals surface area contributed by atoms with Gasteiger partial charge < -0.3 is 5.73 Å². The smallest absolute Gasteiger partial charge is 0.293 e. The van der Waals surface area contributed by atoms with Crippen molar-refractivity contribution in [2.45, 2.75) is 36.8 Å². The number of nitrogens with two attached hydrogens (primary N) is 1. The SMILES string of the molecule is Cc1ccc(SCc2c(C(=O)NN=C3CCCc4ccccc43)nnn2-c2nonc2N)cc1. The lowest BCUT2D eigenvalue weighted by molar-refractivity contribution is 0.0949. The van der Waals surface area contributed by atoms with Gasteiger partial charge in [0.1, 0.15) is 0 Å². The molecule has 0 radical (unpaired) electrons. The highest BCUT2D eigenvalue weighted by Crippen LogP contribution is 2.26. The van der Waals surface area contributed by atoms with E-state index >= 15 is 0 Å². The van der Waals surface area contributed by atoms with Crippen molar-refractivity contribution in [2.75, 3.05) is 5.73 Å². The van der Waals surface area contributed by atoms with E-state index < -0.39 is 5.91 Å². The average molecular weight is 475 g/mol. The zero-order valence-corrected chi connectivity index (χ0v) is 19.2. The summed E-state index contributed by atoms with van der Waals surface area (Å²) < 4.78 is 6.10. The molecule has 10 nitrogen and oxygen atoms in total. The van der Waals surface area contributed by atoms with Crippen LogP contribution in [0.25, 0.3) is 5.82 Å². The van der Waals surface area contributed by atoms with Crippen LogP contribution in [-0.2, 0) is 12.2 Å². The standard InChI is InChI=1S/C23H22N8O2S/c1-14-9-11-16(12-10-14)34-13-19-20(26-30-31(19)22-21(24)28-33-29-22)23(32)27-25-18-8-4-6-15-5-2-3-7-17(15)18/h2-3,5,7,9-12H,4,6,8,13H2,1H3,(H2,24,28)(H,27,32). The number of thioether (sulfide) groups is 1. The van der Waals surface area contributed by atoms with Crippen LogP contribution >= 0.6 is 11.8 Å². The number of carbonyl (C=O) groups excluding carboxylic acids is 1. The number of benzene rings is 2. The molecular weight excluding hydrogens is 452 g/mol. The highest BCUT2D eigenvalue weighted by molar-refractivity contribution is 7.98. The monoisotopic (exact) mass is 474 g/mol. The maximum Gasteiger partial charge on any atom is 0.293 e. The number of fused-ring (bicyclic) bond motifs is 1. The van der Waals surface area contributed by atoms with E-state index in [-0.39, 0.29) is 17.3 Å². The van der Waals surface area contributed by atoms with Crippen LogP contribution in [0.1, 0.15) is 45.7 Å². The molecule has 2 aromatic carbocycles. The molecule has 11 heteroatoms. The largest absolute Gasteiger partial charge is 0.378 e. The third kappa shape index (κ3) is 4.42. The van der Waals surface area contributed by atoms with Crippen LogP contribution in [0.2, 0.25) is 0 Å². The fraction of sp³-hybridized carbons (Fsp3) is 0.217. The van der Waals surface area contributed by atoms with Crippen molar-refractivity contribution in [3.63, 3.8) is 0 Å². The molecule has 34 heavy (non-hydrogen) atoms. The molecule has 2 heterocycles. The average Bonchev–Trinajstić information content (AvgIpc) is 3.47. The van der Waals surface area contributed by atoms with Crippen LogP contribution in [0.15, 0.2) is 63.2 Å². The fourth-order valence-electron chi connectivity index (χ4n) is 3.79. The van der Waals surface area contributed by atoms with E-state index in [1.165, 1.54) is 27.6 Å². The van der Waals surface area contributed by atoms with Crippen LogP contribution in [-0.4, -0.2) is 36.9 Å². The topological polar surface area (TPSA) is 137 Å². The number of hydrazone groups is 1. The molecule has 0 spiro atoms. The summed E-state index contributed by atoms with van der Waals surface area (Å²) in [6.45, 7) is 2.03. The third-order valence-electron chi connectivity index (χ3n) is 5.55. The maximum atomic E-state index is 13.1. The van der Waals surface area contributed by atoms with Gasteiger partial charge in [-0.3, -0.25) is 4.79 Å². The second-order valence-electron chi connectivity index (χ2n) is 7.88. The van der Waals surface area contributed by atoms with Gasteiger partial charge in [-0.15, -0.1) is 16.9 Å². The number of anilines is 1. The van der Waals surface area contributed by atoms with Gasteiger partial charge in [0.2, 0.25) is 11.6 Å². The van der Waals surface area contributed by atoms with Gasteiger partial charge in [0.15, 0.2) is 5.69 Å². The zero-order chi connectivity index (χ0) is 23.5. The first-order chi connectivity index (χ1) is 16.6. The summed E-state index contributed by atoms with van der Waals surface area (Å²) in [6, 6.07) is 16.2. The molecule has 0 atom stereocenters. The van der Waals surface area contributed by atoms with E-state index in [1.54, 1.807) is 0 Å². The zero-order valence-electron chi connectivity index (χ0n) is 18.4. The summed E-state index contributed by atoms with van der Waals surface area (Å²) in [6.07, 6.45) is 2.78. The van der Waals surface area contributed by atoms with Crippen molar-refractivity contribution in [1.29, 1.82) is 0 Å². The highest BCUT2D eigenvalue weighted by Gasteiger charge is 2.24. The maximum absolute atomic E-state index is 13.1. The molecule has 0 unspecified atom stereocenters. The molecule has 172 valence electrons. The minimum atomic E-state index is -0.462. The fourth-order valence-corrected chi connectivity index (χ4v) is 4.68. The Kier molecular flexibility index (Phi) is 6.09. The first-order valence-corrected chi connectivity index (χ1v) is 11.8. The Labute approximate surface area is 199 Å². The minimum Gasteiger partial charge on any atom is -0.378 e. The van der Waals surface area contributed by atoms with Crippen LogP contribution < -0.4 is 11.2 Å². The Hall–Kier alpha value is -3.99. The molecule has 1 aliphatic rings. The first-order valence-electron chi connectivity index (χ1n) is 10.8. The van der Waals surface area contributed by atoms with Gasteiger partial charge in [0.05, 0.1) is 11.4 Å². The summed E-state index contributed by atoms with van der Waals surface area (Å²) in [7, 11) is 0. The Morgan fingerprint density at radius 3 is 2.79 bits per heavy atom. The molecule has 3 N–H and O–H groups in total. The van der Waals surface area contributed by atoms with Crippen molar-refractivity contribution in [2.24, 2.45) is 5.10 Å². The summed E-state index contributed by atoms with van der Waals surface area (Å²) in [5.41, 5.74) is 13.5. The van der Waals surface area contributed by atoms with Gasteiger partial charge in [0.25, 0.3) is 5.91 Å². The minimum absolute atomic E-state index is 0.0532. The highest BCUT2D eigenvalue weighted by atomic mass is 32.2. The Morgan fingerprint density at radius 2 is 2.00 bits per heavy atom.